The van der Waals surface area contributed by atoms with Crippen molar-refractivity contribution in [2.24, 2.45) is 0 Å². The summed E-state index contributed by atoms with van der Waals surface area (Å²) in [6, 6.07) is 0.545. The van der Waals surface area contributed by atoms with Gasteiger partial charge in [-0.3, -0.25) is 4.79 Å². The van der Waals surface area contributed by atoms with Crippen molar-refractivity contribution in [2.75, 3.05) is 19.8 Å². The van der Waals surface area contributed by atoms with Gasteiger partial charge in [0.1, 0.15) is 11.9 Å². The average Bonchev–Trinajstić information content (AvgIpc) is 3.07. The van der Waals surface area contributed by atoms with E-state index in [2.05, 4.69) is 14.7 Å². The molecule has 0 spiro atoms. The van der Waals surface area contributed by atoms with Crippen LogP contribution in [-0.2, 0) is 16.0 Å². The minimum atomic E-state index is -1.30. The van der Waals surface area contributed by atoms with E-state index < -0.39 is 35.8 Å². The van der Waals surface area contributed by atoms with Gasteiger partial charge in [-0.15, -0.1) is 0 Å². The van der Waals surface area contributed by atoms with Crippen molar-refractivity contribution < 1.29 is 27.2 Å². The molecule has 1 aromatic carbocycles. The molecular formula is C14H12F3N3O3. The van der Waals surface area contributed by atoms with Crippen LogP contribution in [0.25, 0.3) is 0 Å². The van der Waals surface area contributed by atoms with E-state index in [1.54, 1.807) is 0 Å². The fourth-order valence-corrected chi connectivity index (χ4v) is 2.41. The molecule has 9 heteroatoms. The molecule has 0 bridgehead atoms. The molecule has 1 amide bonds. The molecular weight excluding hydrogens is 315 g/mol. The maximum atomic E-state index is 13.7. The third kappa shape index (κ3) is 3.19. The van der Waals surface area contributed by atoms with Crippen molar-refractivity contribution in [3.05, 3.63) is 47.4 Å². The first kappa shape index (κ1) is 15.5. The van der Waals surface area contributed by atoms with Gasteiger partial charge in [-0.05, 0) is 6.07 Å². The summed E-state index contributed by atoms with van der Waals surface area (Å²) in [6.07, 6.45) is 0.721. The Labute approximate surface area is 128 Å². The second-order valence-electron chi connectivity index (χ2n) is 5.00. The van der Waals surface area contributed by atoms with Gasteiger partial charge in [-0.25, -0.2) is 13.2 Å². The van der Waals surface area contributed by atoms with Gasteiger partial charge < -0.3 is 14.2 Å². The van der Waals surface area contributed by atoms with E-state index in [1.807, 2.05) is 0 Å². The number of hydrogen-bond acceptors (Lipinski definition) is 5. The fraction of sp³-hybridized carbons (Fsp3) is 0.357. The molecule has 1 unspecified atom stereocenters. The maximum absolute atomic E-state index is 13.7. The number of carbonyl (C=O) groups excluding carboxylic acids is 1. The summed E-state index contributed by atoms with van der Waals surface area (Å²) in [6.45, 7) is 0.731. The molecule has 2 aromatic rings. The van der Waals surface area contributed by atoms with E-state index in [9.17, 15) is 18.0 Å². The Kier molecular flexibility index (Phi) is 4.28. The number of aromatic nitrogens is 2. The lowest BCUT2D eigenvalue weighted by Gasteiger charge is -2.33. The number of rotatable bonds is 3. The summed E-state index contributed by atoms with van der Waals surface area (Å²) in [7, 11) is 0. The largest absolute Gasteiger partial charge is 0.377 e. The van der Waals surface area contributed by atoms with Crippen molar-refractivity contribution in [3.8, 4) is 0 Å². The predicted octanol–water partition coefficient (Wildman–Crippen LogP) is 1.63. The topological polar surface area (TPSA) is 68.5 Å². The normalized spacial score (nSPS) is 18.2. The summed E-state index contributed by atoms with van der Waals surface area (Å²) in [5, 5.41) is 3.68. The Bertz CT molecular complexity index is 709. The van der Waals surface area contributed by atoms with Gasteiger partial charge in [0.2, 0.25) is 12.3 Å². The van der Waals surface area contributed by atoms with Crippen LogP contribution in [0, 0.1) is 17.5 Å². The number of benzene rings is 1. The van der Waals surface area contributed by atoms with Crippen LogP contribution < -0.4 is 0 Å². The van der Waals surface area contributed by atoms with Crippen molar-refractivity contribution >= 4 is 5.91 Å². The molecule has 0 N–H and O–H groups in total. The van der Waals surface area contributed by atoms with Gasteiger partial charge in [-0.1, -0.05) is 5.16 Å². The van der Waals surface area contributed by atoms with Crippen LogP contribution in [0.15, 0.2) is 23.0 Å². The second-order valence-corrected chi connectivity index (χ2v) is 5.00. The van der Waals surface area contributed by atoms with Gasteiger partial charge in [0.05, 0.1) is 19.6 Å². The Balaban J connectivity index is 1.80. The third-order valence-electron chi connectivity index (χ3n) is 3.56. The number of hydrogen-bond donors (Lipinski definition) is 0. The monoisotopic (exact) mass is 327 g/mol. The van der Waals surface area contributed by atoms with Gasteiger partial charge >= 0.3 is 0 Å². The Hall–Kier alpha value is -2.42. The Morgan fingerprint density at radius 2 is 2.04 bits per heavy atom. The van der Waals surface area contributed by atoms with Crippen molar-refractivity contribution in [2.45, 2.75) is 12.5 Å². The molecule has 1 aromatic heterocycles. The predicted molar refractivity (Wildman–Crippen MR) is 69.6 cm³/mol. The summed E-state index contributed by atoms with van der Waals surface area (Å²) in [5.74, 6) is -3.67. The fourth-order valence-electron chi connectivity index (χ4n) is 2.41. The molecule has 0 radical (unpaired) electrons. The second kappa shape index (κ2) is 6.37. The summed E-state index contributed by atoms with van der Waals surface area (Å²) < 4.78 is 49.8. The van der Waals surface area contributed by atoms with Crippen molar-refractivity contribution in [1.82, 2.24) is 15.0 Å². The summed E-state index contributed by atoms with van der Waals surface area (Å²) in [5.41, 5.74) is -0.216. The van der Waals surface area contributed by atoms with Gasteiger partial charge in [-0.2, -0.15) is 4.98 Å². The van der Waals surface area contributed by atoms with E-state index in [0.29, 0.717) is 18.7 Å². The van der Waals surface area contributed by atoms with Crippen molar-refractivity contribution in [3.63, 3.8) is 0 Å². The van der Waals surface area contributed by atoms with E-state index in [-0.39, 0.29) is 24.5 Å². The van der Waals surface area contributed by atoms with E-state index in [1.165, 1.54) is 4.90 Å². The van der Waals surface area contributed by atoms with Gasteiger partial charge in [0, 0.05) is 18.2 Å². The third-order valence-corrected chi connectivity index (χ3v) is 3.56. The SMILES string of the molecule is O=C(Cc1cc(F)c(F)cc1F)N1CCOCC1c1ncon1. The molecule has 1 saturated heterocycles. The Morgan fingerprint density at radius 1 is 1.26 bits per heavy atom. The minimum Gasteiger partial charge on any atom is -0.377 e. The molecule has 122 valence electrons. The molecule has 3 rings (SSSR count). The highest BCUT2D eigenvalue weighted by Crippen LogP contribution is 2.23. The number of morpholine rings is 1. The number of nitrogens with zero attached hydrogens (tertiary/aromatic N) is 3. The van der Waals surface area contributed by atoms with Crippen LogP contribution in [0.1, 0.15) is 17.4 Å². The molecule has 23 heavy (non-hydrogen) atoms. The minimum absolute atomic E-state index is 0.172. The molecule has 1 aliphatic heterocycles. The number of halogens is 3. The molecule has 6 nitrogen and oxygen atoms in total. The number of carbonyl (C=O) groups is 1. The highest BCUT2D eigenvalue weighted by Gasteiger charge is 2.32. The highest BCUT2D eigenvalue weighted by atomic mass is 19.2. The first-order valence-electron chi connectivity index (χ1n) is 6.83. The van der Waals surface area contributed by atoms with E-state index in [4.69, 9.17) is 4.74 Å². The highest BCUT2D eigenvalue weighted by molar-refractivity contribution is 5.79. The van der Waals surface area contributed by atoms with Crippen LogP contribution in [0.3, 0.4) is 0 Å². The van der Waals surface area contributed by atoms with Crippen LogP contribution in [0.4, 0.5) is 13.2 Å². The summed E-state index contributed by atoms with van der Waals surface area (Å²) in [4.78, 5) is 17.7. The average molecular weight is 327 g/mol. The standard InChI is InChI=1S/C14H12F3N3O3/c15-9-5-11(17)10(16)3-8(9)4-13(21)20-1-2-22-6-12(20)14-18-7-23-19-14/h3,5,7,12H,1-2,4,6H2. The van der Waals surface area contributed by atoms with Crippen LogP contribution in [-0.4, -0.2) is 40.7 Å². The summed E-state index contributed by atoms with van der Waals surface area (Å²) >= 11 is 0. The molecule has 1 fully saturated rings. The molecule has 1 atom stereocenters. The first-order valence-corrected chi connectivity index (χ1v) is 6.83. The van der Waals surface area contributed by atoms with E-state index >= 15 is 0 Å². The molecule has 0 saturated carbocycles. The van der Waals surface area contributed by atoms with E-state index in [0.717, 1.165) is 6.39 Å². The lowest BCUT2D eigenvalue weighted by molar-refractivity contribution is -0.139. The van der Waals surface area contributed by atoms with Gasteiger partial charge in [0.25, 0.3) is 0 Å². The van der Waals surface area contributed by atoms with Crippen LogP contribution >= 0.6 is 0 Å². The number of ether oxygens (including phenoxy) is 1. The zero-order valence-electron chi connectivity index (χ0n) is 11.8. The van der Waals surface area contributed by atoms with Crippen LogP contribution in [0.5, 0.6) is 0 Å². The lowest BCUT2D eigenvalue weighted by atomic mass is 10.1. The molecule has 1 aliphatic rings. The number of amides is 1. The maximum Gasteiger partial charge on any atom is 0.227 e. The molecule has 0 aliphatic carbocycles. The van der Waals surface area contributed by atoms with Crippen molar-refractivity contribution in [1.29, 1.82) is 0 Å². The zero-order valence-corrected chi connectivity index (χ0v) is 11.8. The van der Waals surface area contributed by atoms with Gasteiger partial charge in [0.15, 0.2) is 17.5 Å². The lowest BCUT2D eigenvalue weighted by Crippen LogP contribution is -2.44. The van der Waals surface area contributed by atoms with Crippen LogP contribution in [0.2, 0.25) is 0 Å². The smallest absolute Gasteiger partial charge is 0.227 e. The zero-order chi connectivity index (χ0) is 16.4. The molecule has 2 heterocycles. The quantitative estimate of drug-likeness (QED) is 0.802. The Morgan fingerprint density at radius 3 is 2.78 bits per heavy atom. The first-order chi connectivity index (χ1) is 11.1.